The van der Waals surface area contributed by atoms with Crippen LogP contribution in [0.2, 0.25) is 0 Å². The van der Waals surface area contributed by atoms with Gasteiger partial charge >= 0.3 is 0 Å². The second-order valence-electron chi connectivity index (χ2n) is 2.28. The summed E-state index contributed by atoms with van der Waals surface area (Å²) in [4.78, 5) is 14.5. The topological polar surface area (TPSA) is 30.0 Å². The van der Waals surface area contributed by atoms with Crippen LogP contribution in [-0.2, 0) is 0 Å². The van der Waals surface area contributed by atoms with Gasteiger partial charge in [0.25, 0.3) is 11.7 Å². The molecule has 7 heteroatoms. The third-order valence-electron chi connectivity index (χ3n) is 1.40. The van der Waals surface area contributed by atoms with Crippen LogP contribution in [-0.4, -0.2) is 10.2 Å². The minimum atomic E-state index is -2.67. The molecule has 0 aliphatic rings. The van der Waals surface area contributed by atoms with Crippen molar-refractivity contribution >= 4 is 55.4 Å². The number of alkyl halides is 2. The zero-order chi connectivity index (χ0) is 10.9. The summed E-state index contributed by atoms with van der Waals surface area (Å²) in [5.41, 5.74) is -0.347. The first kappa shape index (κ1) is 12.3. The number of hydrogen-bond donors (Lipinski definition) is 0. The molecule has 0 radical (unpaired) electrons. The van der Waals surface area contributed by atoms with Gasteiger partial charge in [0.2, 0.25) is 0 Å². The molecule has 0 N–H and O–H groups in total. The van der Waals surface area contributed by atoms with Gasteiger partial charge in [-0.25, -0.2) is 13.8 Å². The summed E-state index contributed by atoms with van der Waals surface area (Å²) in [6.45, 7) is 0. The Hall–Kier alpha value is 0.180. The van der Waals surface area contributed by atoms with Crippen LogP contribution < -0.4 is 0 Å². The van der Waals surface area contributed by atoms with Crippen LogP contribution in [0.1, 0.15) is 22.3 Å². The highest BCUT2D eigenvalue weighted by atomic mass is 127. The Morgan fingerprint density at radius 1 is 1.64 bits per heavy atom. The number of carbonyl (C=O) groups excluding carboxylic acids is 1. The van der Waals surface area contributed by atoms with E-state index in [0.29, 0.717) is 0 Å². The maximum atomic E-state index is 12.4. The maximum Gasteiger partial charge on any atom is 0.266 e. The highest BCUT2D eigenvalue weighted by Gasteiger charge is 2.18. The summed E-state index contributed by atoms with van der Waals surface area (Å²) >= 11 is 9.81. The highest BCUT2D eigenvalue weighted by molar-refractivity contribution is 14.1. The van der Waals surface area contributed by atoms with Crippen LogP contribution in [0.15, 0.2) is 10.7 Å². The Kier molecular flexibility index (Phi) is 4.20. The first-order valence-corrected chi connectivity index (χ1v) is 5.52. The zero-order valence-electron chi connectivity index (χ0n) is 6.40. The second-order valence-corrected chi connectivity index (χ2v) is 4.40. The molecule has 0 amide bonds. The highest BCUT2D eigenvalue weighted by Crippen LogP contribution is 2.28. The second kappa shape index (κ2) is 4.80. The number of nitrogens with zero attached hydrogens (tertiary/aromatic N) is 1. The Balaban J connectivity index is 3.34. The van der Waals surface area contributed by atoms with Crippen molar-refractivity contribution in [2.45, 2.75) is 6.43 Å². The molecule has 1 aromatic rings. The van der Waals surface area contributed by atoms with Crippen LogP contribution in [0.5, 0.6) is 0 Å². The molecule has 0 fully saturated rings. The first-order valence-electron chi connectivity index (χ1n) is 3.27. The van der Waals surface area contributed by atoms with Crippen LogP contribution in [0.3, 0.4) is 0 Å². The van der Waals surface area contributed by atoms with E-state index in [4.69, 9.17) is 11.6 Å². The predicted molar refractivity (Wildman–Crippen MR) is 59.8 cm³/mol. The standard InChI is InChI=1S/C7H2BrClF2INO/c8-4-2(5(9)14)1-3(6(10)11)7(12)13-4/h1,6H. The number of carbonyl (C=O) groups is 1. The van der Waals surface area contributed by atoms with Gasteiger partial charge in [-0.05, 0) is 56.2 Å². The smallest absolute Gasteiger partial charge is 0.266 e. The molecule has 1 heterocycles. The Bertz CT molecular complexity index is 388. The molecule has 14 heavy (non-hydrogen) atoms. The van der Waals surface area contributed by atoms with Crippen LogP contribution in [0.4, 0.5) is 8.78 Å². The quantitative estimate of drug-likeness (QED) is 0.433. The molecule has 0 aliphatic carbocycles. The largest absolute Gasteiger partial charge is 0.276 e. The monoisotopic (exact) mass is 395 g/mol. The Morgan fingerprint density at radius 2 is 2.21 bits per heavy atom. The summed E-state index contributed by atoms with van der Waals surface area (Å²) in [5.74, 6) is 0. The molecule has 0 unspecified atom stereocenters. The molecule has 0 aliphatic heterocycles. The Morgan fingerprint density at radius 3 is 2.64 bits per heavy atom. The number of pyridine rings is 1. The van der Waals surface area contributed by atoms with E-state index >= 15 is 0 Å². The number of aromatic nitrogens is 1. The van der Waals surface area contributed by atoms with Crippen molar-refractivity contribution in [2.24, 2.45) is 0 Å². The van der Waals surface area contributed by atoms with E-state index in [1.165, 1.54) is 0 Å². The van der Waals surface area contributed by atoms with Crippen molar-refractivity contribution < 1.29 is 13.6 Å². The minimum Gasteiger partial charge on any atom is -0.276 e. The molecule has 0 saturated heterocycles. The van der Waals surface area contributed by atoms with Gasteiger partial charge in [-0.3, -0.25) is 4.79 Å². The molecule has 0 saturated carbocycles. The normalized spacial score (nSPS) is 10.7. The van der Waals surface area contributed by atoms with E-state index in [9.17, 15) is 13.6 Å². The lowest BCUT2D eigenvalue weighted by atomic mass is 10.2. The van der Waals surface area contributed by atoms with E-state index in [0.717, 1.165) is 6.07 Å². The van der Waals surface area contributed by atoms with E-state index in [2.05, 4.69) is 20.9 Å². The number of rotatable bonds is 2. The lowest BCUT2D eigenvalue weighted by molar-refractivity contribution is 0.107. The van der Waals surface area contributed by atoms with Crippen molar-refractivity contribution in [3.05, 3.63) is 25.5 Å². The van der Waals surface area contributed by atoms with Gasteiger partial charge in [0.15, 0.2) is 0 Å². The number of hydrogen-bond acceptors (Lipinski definition) is 2. The minimum absolute atomic E-state index is 0.0533. The average molecular weight is 396 g/mol. The fourth-order valence-corrected chi connectivity index (χ4v) is 2.47. The fourth-order valence-electron chi connectivity index (χ4n) is 0.776. The van der Waals surface area contributed by atoms with Gasteiger partial charge in [0, 0.05) is 0 Å². The van der Waals surface area contributed by atoms with Crippen LogP contribution >= 0.6 is 50.1 Å². The van der Waals surface area contributed by atoms with E-state index in [1.54, 1.807) is 22.6 Å². The van der Waals surface area contributed by atoms with Crippen molar-refractivity contribution in [1.29, 1.82) is 0 Å². The number of halogens is 5. The van der Waals surface area contributed by atoms with Crippen molar-refractivity contribution in [1.82, 2.24) is 4.98 Å². The summed E-state index contributed by atoms with van der Waals surface area (Å²) in [6, 6.07) is 1.04. The maximum absolute atomic E-state index is 12.4. The predicted octanol–water partition coefficient (Wildman–Crippen LogP) is 3.77. The molecule has 0 bridgehead atoms. The molecule has 0 spiro atoms. The third kappa shape index (κ3) is 2.60. The molecule has 0 aromatic carbocycles. The summed E-state index contributed by atoms with van der Waals surface area (Å²) in [7, 11) is 0. The van der Waals surface area contributed by atoms with Gasteiger partial charge in [-0.15, -0.1) is 0 Å². The van der Waals surface area contributed by atoms with Crippen molar-refractivity contribution in [2.75, 3.05) is 0 Å². The van der Waals surface area contributed by atoms with Crippen molar-refractivity contribution in [3.8, 4) is 0 Å². The molecule has 1 aromatic heterocycles. The fraction of sp³-hybridized carbons (Fsp3) is 0.143. The Labute approximate surface area is 105 Å². The lowest BCUT2D eigenvalue weighted by Gasteiger charge is -2.05. The van der Waals surface area contributed by atoms with E-state index < -0.39 is 11.7 Å². The third-order valence-corrected chi connectivity index (χ3v) is 3.08. The molecule has 1 rings (SSSR count). The van der Waals surface area contributed by atoms with Crippen molar-refractivity contribution in [3.63, 3.8) is 0 Å². The average Bonchev–Trinajstić information content (AvgIpc) is 2.02. The summed E-state index contributed by atoms with van der Waals surface area (Å²) in [5, 5.41) is -0.817. The summed E-state index contributed by atoms with van der Waals surface area (Å²) < 4.78 is 25.1. The molecule has 0 atom stereocenters. The van der Waals surface area contributed by atoms with Crippen LogP contribution in [0, 0.1) is 3.70 Å². The SMILES string of the molecule is O=C(Cl)c1cc(C(F)F)c(I)nc1Br. The van der Waals surface area contributed by atoms with Gasteiger partial charge in [-0.2, -0.15) is 0 Å². The van der Waals surface area contributed by atoms with E-state index in [-0.39, 0.29) is 19.4 Å². The molecular formula is C7H2BrClF2INO. The molecular weight excluding hydrogens is 394 g/mol. The van der Waals surface area contributed by atoms with E-state index in [1.807, 2.05) is 0 Å². The first-order chi connectivity index (χ1) is 6.43. The van der Waals surface area contributed by atoms with Gasteiger partial charge in [-0.1, -0.05) is 0 Å². The van der Waals surface area contributed by atoms with Gasteiger partial charge in [0.1, 0.15) is 8.30 Å². The summed E-state index contributed by atoms with van der Waals surface area (Å²) in [6.07, 6.45) is -2.67. The lowest BCUT2D eigenvalue weighted by Crippen LogP contribution is -2.00. The molecule has 2 nitrogen and oxygen atoms in total. The van der Waals surface area contributed by atoms with Crippen LogP contribution in [0.25, 0.3) is 0 Å². The molecule has 76 valence electrons. The van der Waals surface area contributed by atoms with Gasteiger partial charge in [0.05, 0.1) is 11.1 Å². The van der Waals surface area contributed by atoms with Gasteiger partial charge < -0.3 is 0 Å². The zero-order valence-corrected chi connectivity index (χ0v) is 10.9.